The van der Waals surface area contributed by atoms with E-state index in [-0.39, 0.29) is 0 Å². The van der Waals surface area contributed by atoms with Gasteiger partial charge in [-0.15, -0.1) is 0 Å². The van der Waals surface area contributed by atoms with E-state index in [1.165, 1.54) is 0 Å². The van der Waals surface area contributed by atoms with Gasteiger partial charge in [-0.25, -0.2) is 0 Å². The van der Waals surface area contributed by atoms with Crippen LogP contribution in [0.2, 0.25) is 0 Å². The number of benzene rings is 1. The van der Waals surface area contributed by atoms with Crippen LogP contribution in [0.1, 0.15) is 0 Å². The van der Waals surface area contributed by atoms with Crippen molar-refractivity contribution in [3.8, 4) is 5.75 Å². The average Bonchev–Trinajstić information content (AvgIpc) is 2.16. The van der Waals surface area contributed by atoms with Gasteiger partial charge in [0.1, 0.15) is 0 Å². The van der Waals surface area contributed by atoms with Crippen molar-refractivity contribution < 1.29 is 14.3 Å². The van der Waals surface area contributed by atoms with Crippen molar-refractivity contribution in [2.75, 3.05) is 5.32 Å². The van der Waals surface area contributed by atoms with E-state index in [0.717, 1.165) is 0 Å². The number of ether oxygens (including phenoxy) is 1. The molecule has 0 bridgehead atoms. The van der Waals surface area contributed by atoms with Gasteiger partial charge in [0.15, 0.2) is 5.75 Å². The number of carbonyl (C=O) groups is 2. The quantitative estimate of drug-likeness (QED) is 0.596. The van der Waals surface area contributed by atoms with Crippen LogP contribution in [0.3, 0.4) is 0 Å². The summed E-state index contributed by atoms with van der Waals surface area (Å²) in [7, 11) is 0. The predicted octanol–water partition coefficient (Wildman–Crippen LogP) is -0.328. The van der Waals surface area contributed by atoms with Crippen LogP contribution in [0, 0.1) is 6.07 Å². The summed E-state index contributed by atoms with van der Waals surface area (Å²) >= 11 is 0. The van der Waals surface area contributed by atoms with Gasteiger partial charge in [0, 0.05) is 6.07 Å². The van der Waals surface area contributed by atoms with Crippen LogP contribution in [0.4, 0.5) is 5.69 Å². The molecule has 2 rings (SSSR count). The molecule has 0 aromatic heterocycles. The topological polar surface area (TPSA) is 81.4 Å². The van der Waals surface area contributed by atoms with Gasteiger partial charge >= 0.3 is 0 Å². The van der Waals surface area contributed by atoms with Gasteiger partial charge in [0.25, 0.3) is 17.9 Å². The summed E-state index contributed by atoms with van der Waals surface area (Å²) in [4.78, 5) is 22.0. The molecule has 2 amide bonds. The van der Waals surface area contributed by atoms with Gasteiger partial charge < -0.3 is 15.8 Å². The lowest BCUT2D eigenvalue weighted by Gasteiger charge is -2.22. The van der Waals surface area contributed by atoms with E-state index in [9.17, 15) is 9.59 Å². The summed E-state index contributed by atoms with van der Waals surface area (Å²) in [5.41, 5.74) is 5.47. The molecule has 1 heterocycles. The maximum absolute atomic E-state index is 11.2. The molecule has 0 saturated heterocycles. The molecule has 0 saturated carbocycles. The summed E-state index contributed by atoms with van der Waals surface area (Å²) in [5, 5.41) is 2.50. The number of nitrogens with two attached hydrogens (primary N) is 1. The number of hydrogen-bond donors (Lipinski definition) is 2. The van der Waals surface area contributed by atoms with Gasteiger partial charge in [0.2, 0.25) is 0 Å². The molecule has 1 atom stereocenters. The Labute approximate surface area is 79.8 Å². The van der Waals surface area contributed by atoms with Gasteiger partial charge in [-0.2, -0.15) is 0 Å². The molecular formula is C9H7N2O3. The smallest absolute Gasteiger partial charge is 0.275 e. The minimum absolute atomic E-state index is 0.330. The van der Waals surface area contributed by atoms with Crippen molar-refractivity contribution >= 4 is 17.5 Å². The molecule has 1 aliphatic rings. The highest BCUT2D eigenvalue weighted by molar-refractivity contribution is 6.10. The largest absolute Gasteiger partial charge is 0.468 e. The minimum Gasteiger partial charge on any atom is -0.468 e. The zero-order valence-electron chi connectivity index (χ0n) is 7.11. The normalized spacial score (nSPS) is 19.1. The van der Waals surface area contributed by atoms with Crippen molar-refractivity contribution in [1.82, 2.24) is 0 Å². The Morgan fingerprint density at radius 3 is 3.14 bits per heavy atom. The number of anilines is 1. The molecule has 71 valence electrons. The Morgan fingerprint density at radius 2 is 2.43 bits per heavy atom. The Kier molecular flexibility index (Phi) is 1.85. The molecule has 1 aromatic rings. The molecule has 1 aliphatic heterocycles. The first-order chi connectivity index (χ1) is 6.68. The zero-order valence-corrected chi connectivity index (χ0v) is 7.11. The second-order valence-electron chi connectivity index (χ2n) is 2.80. The lowest BCUT2D eigenvalue weighted by Crippen LogP contribution is -2.46. The number of fused-ring (bicyclic) bond motifs is 1. The monoisotopic (exact) mass is 191 g/mol. The number of para-hydroxylation sites is 1. The van der Waals surface area contributed by atoms with Gasteiger partial charge in [-0.3, -0.25) is 9.59 Å². The van der Waals surface area contributed by atoms with E-state index in [4.69, 9.17) is 10.5 Å². The lowest BCUT2D eigenvalue weighted by molar-refractivity contribution is -0.135. The highest BCUT2D eigenvalue weighted by atomic mass is 16.5. The third-order valence-corrected chi connectivity index (χ3v) is 1.81. The number of hydrogen-bond acceptors (Lipinski definition) is 3. The van der Waals surface area contributed by atoms with Crippen molar-refractivity contribution in [1.29, 1.82) is 0 Å². The third kappa shape index (κ3) is 1.28. The highest BCUT2D eigenvalue weighted by Crippen LogP contribution is 2.27. The fraction of sp³-hybridized carbons (Fsp3) is 0.111. The molecule has 1 radical (unpaired) electrons. The standard InChI is InChI=1S/C9H7N2O3/c10-8(12)7-9(13)11-5-3-1-2-4-6(5)14-7/h1-3,7H,(H2,10,12)(H,11,13). The molecule has 3 N–H and O–H groups in total. The second-order valence-corrected chi connectivity index (χ2v) is 2.80. The molecule has 5 nitrogen and oxygen atoms in total. The van der Waals surface area contributed by atoms with Crippen molar-refractivity contribution in [3.63, 3.8) is 0 Å². The summed E-state index contributed by atoms with van der Waals surface area (Å²) < 4.78 is 5.06. The van der Waals surface area contributed by atoms with Crippen LogP contribution in [-0.2, 0) is 9.59 Å². The van der Waals surface area contributed by atoms with Crippen molar-refractivity contribution in [2.45, 2.75) is 6.10 Å². The Morgan fingerprint density at radius 1 is 1.64 bits per heavy atom. The Hall–Kier alpha value is -2.04. The molecule has 14 heavy (non-hydrogen) atoms. The van der Waals surface area contributed by atoms with Crippen LogP contribution in [0.5, 0.6) is 5.75 Å². The highest BCUT2D eigenvalue weighted by Gasteiger charge is 2.31. The molecule has 0 fully saturated rings. The summed E-state index contributed by atoms with van der Waals surface area (Å²) in [6, 6.07) is 7.72. The van der Waals surface area contributed by atoms with Crippen LogP contribution in [-0.4, -0.2) is 17.9 Å². The van der Waals surface area contributed by atoms with E-state index in [2.05, 4.69) is 11.4 Å². The molecule has 5 heteroatoms. The second kappa shape index (κ2) is 3.02. The van der Waals surface area contributed by atoms with E-state index < -0.39 is 17.9 Å². The summed E-state index contributed by atoms with van der Waals surface area (Å²) in [6.07, 6.45) is -1.26. The molecule has 0 spiro atoms. The molecule has 0 aliphatic carbocycles. The van der Waals surface area contributed by atoms with Crippen LogP contribution >= 0.6 is 0 Å². The molecular weight excluding hydrogens is 184 g/mol. The maximum Gasteiger partial charge on any atom is 0.275 e. The number of amides is 2. The van der Waals surface area contributed by atoms with Gasteiger partial charge in [-0.1, -0.05) is 12.1 Å². The number of primary amides is 1. The lowest BCUT2D eigenvalue weighted by atomic mass is 10.2. The predicted molar refractivity (Wildman–Crippen MR) is 47.5 cm³/mol. The zero-order chi connectivity index (χ0) is 10.1. The fourth-order valence-electron chi connectivity index (χ4n) is 1.17. The van der Waals surface area contributed by atoms with E-state index in [0.29, 0.717) is 11.4 Å². The van der Waals surface area contributed by atoms with E-state index in [1.54, 1.807) is 18.2 Å². The van der Waals surface area contributed by atoms with Crippen molar-refractivity contribution in [3.05, 3.63) is 24.3 Å². The molecule has 1 aromatic carbocycles. The summed E-state index contributed by atoms with van der Waals surface area (Å²) in [6.45, 7) is 0. The minimum atomic E-state index is -1.26. The first-order valence-electron chi connectivity index (χ1n) is 3.96. The van der Waals surface area contributed by atoms with Crippen LogP contribution in [0.25, 0.3) is 0 Å². The first-order valence-corrected chi connectivity index (χ1v) is 3.96. The van der Waals surface area contributed by atoms with E-state index >= 15 is 0 Å². The van der Waals surface area contributed by atoms with Gasteiger partial charge in [-0.05, 0) is 6.07 Å². The number of rotatable bonds is 1. The SMILES string of the molecule is NC(=O)C1Oc2[c]cccc2NC1=O. The Bertz CT molecular complexity index is 403. The number of carbonyl (C=O) groups excluding carboxylic acids is 2. The summed E-state index contributed by atoms with van der Waals surface area (Å²) in [5.74, 6) is -1.04. The van der Waals surface area contributed by atoms with Crippen molar-refractivity contribution in [2.24, 2.45) is 5.73 Å². The van der Waals surface area contributed by atoms with Gasteiger partial charge in [0.05, 0.1) is 5.69 Å². The third-order valence-electron chi connectivity index (χ3n) is 1.81. The maximum atomic E-state index is 11.2. The molecule has 1 unspecified atom stereocenters. The number of nitrogens with one attached hydrogen (secondary N) is 1. The fourth-order valence-corrected chi connectivity index (χ4v) is 1.17. The van der Waals surface area contributed by atoms with Crippen LogP contribution < -0.4 is 15.8 Å². The van der Waals surface area contributed by atoms with Crippen LogP contribution in [0.15, 0.2) is 18.2 Å². The van der Waals surface area contributed by atoms with E-state index in [1.807, 2.05) is 0 Å². The Balaban J connectivity index is 2.36. The first kappa shape index (κ1) is 8.55. The average molecular weight is 191 g/mol.